The van der Waals surface area contributed by atoms with E-state index < -0.39 is 0 Å². The highest BCUT2D eigenvalue weighted by Crippen LogP contribution is 2.32. The van der Waals surface area contributed by atoms with Gasteiger partial charge in [0, 0.05) is 37.2 Å². The van der Waals surface area contributed by atoms with Crippen molar-refractivity contribution < 1.29 is 19.4 Å². The number of carbonyl (C=O) groups is 2. The molecule has 1 aliphatic heterocycles. The molecule has 206 valence electrons. The minimum atomic E-state index is -0.304. The number of hydrogen-bond donors (Lipinski definition) is 2. The highest BCUT2D eigenvalue weighted by Gasteiger charge is 2.34. The number of carbonyl (C=O) groups excluding carboxylic acids is 2. The maximum Gasteiger partial charge on any atom is 0.258 e. The van der Waals surface area contributed by atoms with Crippen molar-refractivity contribution in [3.05, 3.63) is 23.8 Å². The molecular formula is C30H47N3O4. The maximum absolute atomic E-state index is 13.7. The number of nitrogens with zero attached hydrogens (tertiary/aromatic N) is 2. The van der Waals surface area contributed by atoms with Gasteiger partial charge in [-0.1, -0.05) is 45.4 Å². The zero-order valence-electron chi connectivity index (χ0n) is 23.1. The number of benzene rings is 1. The van der Waals surface area contributed by atoms with Crippen molar-refractivity contribution in [2.45, 2.75) is 90.2 Å². The molecule has 2 amide bonds. The summed E-state index contributed by atoms with van der Waals surface area (Å²) in [6.45, 7) is 6.28. The summed E-state index contributed by atoms with van der Waals surface area (Å²) in [5, 5.41) is 13.0. The van der Waals surface area contributed by atoms with Crippen molar-refractivity contribution in [2.24, 2.45) is 17.8 Å². The molecule has 7 nitrogen and oxygen atoms in total. The summed E-state index contributed by atoms with van der Waals surface area (Å²) in [5.74, 6) is 1.32. The van der Waals surface area contributed by atoms with Crippen LogP contribution in [0.25, 0.3) is 0 Å². The SMILES string of the molecule is C[C@@H]1CN([C@H](C)CO)C(=O)c2cc(NC(=O)C3CCCCC3)ccc2O[C@@H]1CN(C)CC1CCCCC1. The molecule has 1 aromatic carbocycles. The molecule has 0 unspecified atom stereocenters. The maximum atomic E-state index is 13.7. The minimum absolute atomic E-state index is 0.0373. The molecule has 2 aliphatic carbocycles. The molecule has 0 saturated heterocycles. The van der Waals surface area contributed by atoms with Crippen LogP contribution in [0.1, 0.15) is 88.4 Å². The Labute approximate surface area is 222 Å². The van der Waals surface area contributed by atoms with Crippen molar-refractivity contribution >= 4 is 17.5 Å². The van der Waals surface area contributed by atoms with Crippen molar-refractivity contribution in [3.8, 4) is 5.75 Å². The minimum Gasteiger partial charge on any atom is -0.488 e. The predicted octanol–water partition coefficient (Wildman–Crippen LogP) is 4.94. The molecule has 0 spiro atoms. The van der Waals surface area contributed by atoms with E-state index in [9.17, 15) is 14.7 Å². The molecule has 2 N–H and O–H groups in total. The molecule has 1 heterocycles. The molecule has 2 fully saturated rings. The van der Waals surface area contributed by atoms with Crippen molar-refractivity contribution in [1.29, 1.82) is 0 Å². The molecule has 7 heteroatoms. The molecule has 37 heavy (non-hydrogen) atoms. The van der Waals surface area contributed by atoms with Gasteiger partial charge in [0.25, 0.3) is 5.91 Å². The topological polar surface area (TPSA) is 82.1 Å². The molecule has 0 radical (unpaired) electrons. The van der Waals surface area contributed by atoms with Crippen LogP contribution in [0.5, 0.6) is 5.75 Å². The van der Waals surface area contributed by atoms with Gasteiger partial charge in [0.1, 0.15) is 11.9 Å². The third-order valence-electron chi connectivity index (χ3n) is 8.69. The first-order chi connectivity index (χ1) is 17.9. The standard InChI is InChI=1S/C30H47N3O4/c1-21-17-33(22(2)20-34)30(36)26-16-25(31-29(35)24-12-8-5-9-13-24)14-15-27(26)37-28(21)19-32(3)18-23-10-6-4-7-11-23/h14-16,21-24,28,34H,4-13,17-20H2,1-3H3,(H,31,35)/t21-,22-,28-/m1/s1. The molecule has 3 atom stereocenters. The van der Waals surface area contributed by atoms with Crippen molar-refractivity contribution in [2.75, 3.05) is 38.6 Å². The first kappa shape index (κ1) is 27.9. The number of hydrogen-bond acceptors (Lipinski definition) is 5. The van der Waals surface area contributed by atoms with Gasteiger partial charge < -0.3 is 25.0 Å². The molecule has 1 aromatic rings. The Hall–Kier alpha value is -2.12. The van der Waals surface area contributed by atoms with Gasteiger partial charge in [-0.15, -0.1) is 0 Å². The molecule has 2 saturated carbocycles. The first-order valence-electron chi connectivity index (χ1n) is 14.6. The quantitative estimate of drug-likeness (QED) is 0.515. The Bertz CT molecular complexity index is 910. The first-order valence-corrected chi connectivity index (χ1v) is 14.6. The fourth-order valence-electron chi connectivity index (χ4n) is 6.32. The van der Waals surface area contributed by atoms with Crippen LogP contribution in [0, 0.1) is 17.8 Å². The average Bonchev–Trinajstić information content (AvgIpc) is 2.91. The van der Waals surface area contributed by atoms with Gasteiger partial charge in [0.05, 0.1) is 18.2 Å². The van der Waals surface area contributed by atoms with E-state index in [1.807, 2.05) is 19.1 Å². The largest absolute Gasteiger partial charge is 0.488 e. The molecule has 4 rings (SSSR count). The number of likely N-dealkylation sites (N-methyl/N-ethyl adjacent to an activating group) is 1. The van der Waals surface area contributed by atoms with Crippen molar-refractivity contribution in [1.82, 2.24) is 9.80 Å². The predicted molar refractivity (Wildman–Crippen MR) is 147 cm³/mol. The number of amides is 2. The summed E-state index contributed by atoms with van der Waals surface area (Å²) in [4.78, 5) is 30.7. The number of anilines is 1. The second kappa shape index (κ2) is 13.1. The van der Waals surface area contributed by atoms with E-state index in [4.69, 9.17) is 4.74 Å². The summed E-state index contributed by atoms with van der Waals surface area (Å²) < 4.78 is 6.55. The molecular weight excluding hydrogens is 466 g/mol. The van der Waals surface area contributed by atoms with Crippen LogP contribution in [-0.4, -0.2) is 72.2 Å². The van der Waals surface area contributed by atoms with Crippen LogP contribution < -0.4 is 10.1 Å². The Morgan fingerprint density at radius 2 is 1.78 bits per heavy atom. The number of aliphatic hydroxyl groups excluding tert-OH is 1. The molecule has 3 aliphatic rings. The van der Waals surface area contributed by atoms with Crippen LogP contribution in [0.4, 0.5) is 5.69 Å². The summed E-state index contributed by atoms with van der Waals surface area (Å²) in [6.07, 6.45) is 11.8. The van der Waals surface area contributed by atoms with Crippen LogP contribution in [0.3, 0.4) is 0 Å². The zero-order valence-corrected chi connectivity index (χ0v) is 23.1. The van der Waals surface area contributed by atoms with E-state index in [2.05, 4.69) is 24.2 Å². The fourth-order valence-corrected chi connectivity index (χ4v) is 6.32. The molecule has 0 bridgehead atoms. The number of aliphatic hydroxyl groups is 1. The third kappa shape index (κ3) is 7.26. The van der Waals surface area contributed by atoms with Crippen LogP contribution in [0.15, 0.2) is 18.2 Å². The summed E-state index contributed by atoms with van der Waals surface area (Å²) in [7, 11) is 2.17. The smallest absolute Gasteiger partial charge is 0.258 e. The number of rotatable bonds is 8. The normalized spacial score (nSPS) is 24.7. The summed E-state index contributed by atoms with van der Waals surface area (Å²) >= 11 is 0. The van der Waals surface area contributed by atoms with E-state index in [0.717, 1.165) is 44.7 Å². The Kier molecular flexibility index (Phi) is 9.88. The van der Waals surface area contributed by atoms with Gasteiger partial charge in [0.15, 0.2) is 0 Å². The van der Waals surface area contributed by atoms with E-state index >= 15 is 0 Å². The number of nitrogens with one attached hydrogen (secondary N) is 1. The second-order valence-electron chi connectivity index (χ2n) is 11.9. The third-order valence-corrected chi connectivity index (χ3v) is 8.69. The van der Waals surface area contributed by atoms with Gasteiger partial charge in [-0.05, 0) is 63.8 Å². The van der Waals surface area contributed by atoms with E-state index in [1.54, 1.807) is 11.0 Å². The van der Waals surface area contributed by atoms with E-state index in [-0.39, 0.29) is 42.4 Å². The highest BCUT2D eigenvalue weighted by molar-refractivity contribution is 6.00. The van der Waals surface area contributed by atoms with E-state index in [0.29, 0.717) is 23.5 Å². The fraction of sp³-hybridized carbons (Fsp3) is 0.733. The average molecular weight is 514 g/mol. The van der Waals surface area contributed by atoms with Gasteiger partial charge in [-0.3, -0.25) is 9.59 Å². The second-order valence-corrected chi connectivity index (χ2v) is 11.9. The monoisotopic (exact) mass is 513 g/mol. The van der Waals surface area contributed by atoms with Crippen LogP contribution in [0.2, 0.25) is 0 Å². The lowest BCUT2D eigenvalue weighted by Gasteiger charge is -2.38. The Morgan fingerprint density at radius 1 is 1.11 bits per heavy atom. The van der Waals surface area contributed by atoms with Crippen LogP contribution in [-0.2, 0) is 4.79 Å². The highest BCUT2D eigenvalue weighted by atomic mass is 16.5. The lowest BCUT2D eigenvalue weighted by molar-refractivity contribution is -0.120. The number of ether oxygens (including phenoxy) is 1. The van der Waals surface area contributed by atoms with Gasteiger partial charge in [-0.2, -0.15) is 0 Å². The number of fused-ring (bicyclic) bond motifs is 1. The van der Waals surface area contributed by atoms with Crippen molar-refractivity contribution in [3.63, 3.8) is 0 Å². The molecule has 0 aromatic heterocycles. The lowest BCUT2D eigenvalue weighted by Crippen LogP contribution is -2.50. The Balaban J connectivity index is 1.53. The van der Waals surface area contributed by atoms with Gasteiger partial charge in [-0.25, -0.2) is 0 Å². The van der Waals surface area contributed by atoms with Gasteiger partial charge in [0.2, 0.25) is 5.91 Å². The zero-order chi connectivity index (χ0) is 26.4. The Morgan fingerprint density at radius 3 is 2.46 bits per heavy atom. The summed E-state index contributed by atoms with van der Waals surface area (Å²) in [6, 6.07) is 5.13. The lowest BCUT2D eigenvalue weighted by atomic mass is 9.88. The van der Waals surface area contributed by atoms with E-state index in [1.165, 1.54) is 38.5 Å². The summed E-state index contributed by atoms with van der Waals surface area (Å²) in [5.41, 5.74) is 1.08. The van der Waals surface area contributed by atoms with Crippen LogP contribution >= 0.6 is 0 Å². The van der Waals surface area contributed by atoms with Gasteiger partial charge >= 0.3 is 0 Å².